The number of rotatable bonds is 8. The molecule has 0 unspecified atom stereocenters. The van der Waals surface area contributed by atoms with E-state index in [1.807, 2.05) is 24.3 Å². The summed E-state index contributed by atoms with van der Waals surface area (Å²) in [5.41, 5.74) is 1.06. The van der Waals surface area contributed by atoms with Gasteiger partial charge in [0.05, 0.1) is 20.1 Å². The van der Waals surface area contributed by atoms with Gasteiger partial charge in [-0.3, -0.25) is 4.79 Å². The van der Waals surface area contributed by atoms with Crippen molar-refractivity contribution in [2.75, 3.05) is 13.7 Å². The number of ketones is 1. The molecular weight excluding hydrogens is 252 g/mol. The van der Waals surface area contributed by atoms with Crippen LogP contribution in [0.1, 0.15) is 24.8 Å². The smallest absolute Gasteiger partial charge is 0.145 e. The Bertz CT molecular complexity index is 477. The number of allylic oxidation sites excluding steroid dienone is 1. The molecule has 0 bridgehead atoms. The molecule has 0 saturated carbocycles. The maximum absolute atomic E-state index is 11.3. The van der Waals surface area contributed by atoms with Crippen LogP contribution in [-0.4, -0.2) is 19.5 Å². The number of methoxy groups -OCH3 is 1. The van der Waals surface area contributed by atoms with E-state index in [4.69, 9.17) is 9.47 Å². The molecule has 0 aliphatic rings. The molecule has 3 nitrogen and oxygen atoms in total. The fourth-order valence-electron chi connectivity index (χ4n) is 1.51. The van der Waals surface area contributed by atoms with Crippen molar-refractivity contribution >= 4 is 5.78 Å². The second-order valence-corrected chi connectivity index (χ2v) is 4.24. The monoisotopic (exact) mass is 272 g/mol. The number of Topliss-reactive ketones (excluding diaryl/α,β-unsaturated/α-hetero) is 1. The molecule has 0 spiro atoms. The highest BCUT2D eigenvalue weighted by molar-refractivity contribution is 5.80. The maximum Gasteiger partial charge on any atom is 0.145 e. The number of hydrogen-bond acceptors (Lipinski definition) is 3. The minimum atomic E-state index is 0.146. The predicted molar refractivity (Wildman–Crippen MR) is 79.5 cm³/mol. The molecule has 3 heteroatoms. The summed E-state index contributed by atoms with van der Waals surface area (Å²) in [5, 5.41) is 0. The average Bonchev–Trinajstić information content (AvgIpc) is 2.49. The third kappa shape index (κ3) is 6.77. The largest absolute Gasteiger partial charge is 0.497 e. The van der Waals surface area contributed by atoms with Gasteiger partial charge in [-0.2, -0.15) is 0 Å². The van der Waals surface area contributed by atoms with Crippen LogP contribution >= 0.6 is 0 Å². The van der Waals surface area contributed by atoms with Crippen molar-refractivity contribution in [1.82, 2.24) is 0 Å². The molecule has 0 aromatic heterocycles. The van der Waals surface area contributed by atoms with Gasteiger partial charge < -0.3 is 9.47 Å². The molecule has 1 aromatic rings. The highest BCUT2D eigenvalue weighted by Crippen LogP contribution is 2.11. The molecule has 0 N–H and O–H groups in total. The van der Waals surface area contributed by atoms with Gasteiger partial charge in [-0.05, 0) is 24.1 Å². The van der Waals surface area contributed by atoms with Gasteiger partial charge in [-0.1, -0.05) is 30.0 Å². The molecule has 0 saturated heterocycles. The van der Waals surface area contributed by atoms with Crippen LogP contribution in [0.25, 0.3) is 0 Å². The van der Waals surface area contributed by atoms with Crippen LogP contribution in [0.2, 0.25) is 0 Å². The third-order valence-electron chi connectivity index (χ3n) is 2.64. The molecule has 0 heterocycles. The Morgan fingerprint density at radius 1 is 1.30 bits per heavy atom. The molecule has 1 aromatic carbocycles. The zero-order chi connectivity index (χ0) is 14.6. The molecular formula is C17H20O3. The fraction of sp³-hybridized carbons (Fsp3) is 0.353. The lowest BCUT2D eigenvalue weighted by Gasteiger charge is -2.02. The van der Waals surface area contributed by atoms with Gasteiger partial charge in [0.2, 0.25) is 0 Å². The lowest BCUT2D eigenvalue weighted by atomic mass is 10.2. The minimum absolute atomic E-state index is 0.146. The van der Waals surface area contributed by atoms with Crippen LogP contribution in [0.15, 0.2) is 36.9 Å². The molecule has 0 aliphatic carbocycles. The second kappa shape index (κ2) is 9.82. The summed E-state index contributed by atoms with van der Waals surface area (Å²) in [7, 11) is 1.64. The van der Waals surface area contributed by atoms with E-state index < -0.39 is 0 Å². The molecule has 0 amide bonds. The maximum atomic E-state index is 11.3. The van der Waals surface area contributed by atoms with Crippen LogP contribution in [0.3, 0.4) is 0 Å². The van der Waals surface area contributed by atoms with Crippen LogP contribution < -0.4 is 4.74 Å². The van der Waals surface area contributed by atoms with Crippen molar-refractivity contribution in [3.63, 3.8) is 0 Å². The molecule has 106 valence electrons. The van der Waals surface area contributed by atoms with E-state index in [1.165, 1.54) is 0 Å². The Hall–Kier alpha value is -2.05. The third-order valence-corrected chi connectivity index (χ3v) is 2.64. The van der Waals surface area contributed by atoms with Crippen LogP contribution in [0, 0.1) is 11.8 Å². The fourth-order valence-corrected chi connectivity index (χ4v) is 1.51. The van der Waals surface area contributed by atoms with Gasteiger partial charge >= 0.3 is 0 Å². The van der Waals surface area contributed by atoms with E-state index in [1.54, 1.807) is 13.2 Å². The van der Waals surface area contributed by atoms with Crippen molar-refractivity contribution in [2.45, 2.75) is 25.9 Å². The highest BCUT2D eigenvalue weighted by Gasteiger charge is 1.96. The second-order valence-electron chi connectivity index (χ2n) is 4.24. The Labute approximate surface area is 120 Å². The van der Waals surface area contributed by atoms with Crippen LogP contribution in [0.5, 0.6) is 5.75 Å². The van der Waals surface area contributed by atoms with E-state index in [2.05, 4.69) is 18.4 Å². The normalized spacial score (nSPS) is 9.45. The molecule has 0 aliphatic heterocycles. The summed E-state index contributed by atoms with van der Waals surface area (Å²) in [6.45, 7) is 4.41. The van der Waals surface area contributed by atoms with E-state index in [-0.39, 0.29) is 5.78 Å². The van der Waals surface area contributed by atoms with E-state index >= 15 is 0 Å². The van der Waals surface area contributed by atoms with E-state index in [9.17, 15) is 4.79 Å². The van der Waals surface area contributed by atoms with Crippen molar-refractivity contribution in [2.24, 2.45) is 0 Å². The SMILES string of the molecule is C=CCCC(=O)CC#CCOCc1ccc(OC)cc1. The van der Waals surface area contributed by atoms with E-state index in [0.29, 0.717) is 32.5 Å². The number of carbonyl (C=O) groups is 1. The average molecular weight is 272 g/mol. The lowest BCUT2D eigenvalue weighted by molar-refractivity contribution is -0.118. The standard InChI is InChI=1S/C17H20O3/c1-3-4-7-16(18)8-5-6-13-20-14-15-9-11-17(19-2)12-10-15/h3,9-12H,1,4,7-8,13-14H2,2H3. The first-order chi connectivity index (χ1) is 9.76. The highest BCUT2D eigenvalue weighted by atomic mass is 16.5. The molecule has 0 atom stereocenters. The van der Waals surface area contributed by atoms with Crippen LogP contribution in [0.4, 0.5) is 0 Å². The molecule has 20 heavy (non-hydrogen) atoms. The number of benzene rings is 1. The van der Waals surface area contributed by atoms with Gasteiger partial charge in [0.15, 0.2) is 0 Å². The van der Waals surface area contributed by atoms with E-state index in [0.717, 1.165) is 11.3 Å². The topological polar surface area (TPSA) is 35.5 Å². The summed E-state index contributed by atoms with van der Waals surface area (Å²) in [6, 6.07) is 7.68. The summed E-state index contributed by atoms with van der Waals surface area (Å²) >= 11 is 0. The summed E-state index contributed by atoms with van der Waals surface area (Å²) in [4.78, 5) is 11.3. The number of ether oxygens (including phenoxy) is 2. The summed E-state index contributed by atoms with van der Waals surface area (Å²) < 4.78 is 10.5. The Kier molecular flexibility index (Phi) is 7.86. The van der Waals surface area contributed by atoms with Crippen molar-refractivity contribution in [3.05, 3.63) is 42.5 Å². The lowest BCUT2D eigenvalue weighted by Crippen LogP contribution is -1.96. The zero-order valence-electron chi connectivity index (χ0n) is 11.9. The van der Waals surface area contributed by atoms with Crippen LogP contribution in [-0.2, 0) is 16.1 Å². The zero-order valence-corrected chi connectivity index (χ0v) is 11.9. The van der Waals surface area contributed by atoms with Gasteiger partial charge in [0.1, 0.15) is 18.1 Å². The first kappa shape index (κ1) is 16.0. The van der Waals surface area contributed by atoms with Gasteiger partial charge in [0.25, 0.3) is 0 Å². The minimum Gasteiger partial charge on any atom is -0.497 e. The predicted octanol–water partition coefficient (Wildman–Crippen LogP) is 3.14. The van der Waals surface area contributed by atoms with Crippen molar-refractivity contribution in [3.8, 4) is 17.6 Å². The Morgan fingerprint density at radius 2 is 2.05 bits per heavy atom. The summed E-state index contributed by atoms with van der Waals surface area (Å²) in [6.07, 6.45) is 3.27. The molecule has 0 fully saturated rings. The number of hydrogen-bond donors (Lipinski definition) is 0. The Morgan fingerprint density at radius 3 is 2.70 bits per heavy atom. The quantitative estimate of drug-likeness (QED) is 0.414. The van der Waals surface area contributed by atoms with Gasteiger partial charge in [-0.15, -0.1) is 6.58 Å². The Balaban J connectivity index is 2.18. The first-order valence-electron chi connectivity index (χ1n) is 6.55. The molecule has 0 radical (unpaired) electrons. The first-order valence-corrected chi connectivity index (χ1v) is 6.55. The number of carbonyl (C=O) groups excluding carboxylic acids is 1. The summed E-state index contributed by atoms with van der Waals surface area (Å²) in [5.74, 6) is 6.63. The van der Waals surface area contributed by atoms with Gasteiger partial charge in [0, 0.05) is 6.42 Å². The van der Waals surface area contributed by atoms with Crippen molar-refractivity contribution < 1.29 is 14.3 Å². The van der Waals surface area contributed by atoms with Crippen molar-refractivity contribution in [1.29, 1.82) is 0 Å². The molecule has 1 rings (SSSR count). The van der Waals surface area contributed by atoms with Gasteiger partial charge in [-0.25, -0.2) is 0 Å².